The largest absolute Gasteiger partial charge is 0.330 e. The number of carbonyl (C=O) groups is 3. The minimum absolute atomic E-state index is 0.0707. The van der Waals surface area contributed by atoms with Crippen molar-refractivity contribution < 1.29 is 14.4 Å². The van der Waals surface area contributed by atoms with Gasteiger partial charge in [-0.05, 0) is 36.1 Å². The summed E-state index contributed by atoms with van der Waals surface area (Å²) >= 11 is 0. The molecule has 2 aromatic carbocycles. The Hall–Kier alpha value is -3.97. The Bertz CT molecular complexity index is 1000. The number of amides is 4. The van der Waals surface area contributed by atoms with Crippen LogP contribution in [0.25, 0.3) is 0 Å². The van der Waals surface area contributed by atoms with E-state index in [1.165, 1.54) is 7.05 Å². The summed E-state index contributed by atoms with van der Waals surface area (Å²) in [5.74, 6) is -1.40. The summed E-state index contributed by atoms with van der Waals surface area (Å²) in [6, 6.07) is 16.7. The summed E-state index contributed by atoms with van der Waals surface area (Å²) in [5, 5.41) is 21.0. The van der Waals surface area contributed by atoms with Gasteiger partial charge in [-0.25, -0.2) is 4.79 Å². The van der Waals surface area contributed by atoms with Crippen LogP contribution in [0.5, 0.6) is 0 Å². The normalized spacial score (nSPS) is 15.5. The summed E-state index contributed by atoms with van der Waals surface area (Å²) in [6.07, 6.45) is -0.141. The number of nitrogens with zero attached hydrogens (tertiary/aromatic N) is 3. The maximum absolute atomic E-state index is 13.2. The summed E-state index contributed by atoms with van der Waals surface area (Å²) in [7, 11) is 1.30. The van der Waals surface area contributed by atoms with Crippen molar-refractivity contribution in [3.63, 3.8) is 0 Å². The average molecular weight is 372 g/mol. The highest BCUT2D eigenvalue weighted by Crippen LogP contribution is 2.35. The first-order chi connectivity index (χ1) is 13.4. The van der Waals surface area contributed by atoms with Gasteiger partial charge in [-0.15, -0.1) is 0 Å². The molecule has 2 aromatic rings. The average Bonchev–Trinajstić information content (AvgIpc) is 2.71. The van der Waals surface area contributed by atoms with Crippen molar-refractivity contribution in [1.29, 1.82) is 10.5 Å². The number of benzene rings is 2. The molecule has 0 spiro atoms. The van der Waals surface area contributed by atoms with Gasteiger partial charge in [0.1, 0.15) is 5.41 Å². The Morgan fingerprint density at radius 3 is 1.82 bits per heavy atom. The van der Waals surface area contributed by atoms with Crippen LogP contribution in [0.4, 0.5) is 4.79 Å². The maximum atomic E-state index is 13.2. The van der Waals surface area contributed by atoms with Crippen LogP contribution < -0.4 is 5.32 Å². The molecule has 1 N–H and O–H groups in total. The van der Waals surface area contributed by atoms with Gasteiger partial charge in [0.2, 0.25) is 11.8 Å². The second-order valence-electron chi connectivity index (χ2n) is 6.60. The number of carbonyl (C=O) groups excluding carboxylic acids is 3. The fourth-order valence-corrected chi connectivity index (χ4v) is 3.40. The zero-order chi connectivity index (χ0) is 20.3. The molecule has 1 heterocycles. The zero-order valence-electron chi connectivity index (χ0n) is 15.1. The molecule has 28 heavy (non-hydrogen) atoms. The molecule has 0 unspecified atom stereocenters. The van der Waals surface area contributed by atoms with E-state index < -0.39 is 23.3 Å². The van der Waals surface area contributed by atoms with Crippen LogP contribution in [0.15, 0.2) is 48.5 Å². The lowest BCUT2D eigenvalue weighted by Gasteiger charge is -2.38. The van der Waals surface area contributed by atoms with Gasteiger partial charge < -0.3 is 0 Å². The standard InChI is InChI=1S/C21H16N4O3/c1-25-19(27)21(18(26)24-20(25)28,10-14-6-2-4-8-16(14)12-22)11-15-7-3-5-9-17(15)13-23/h2-9H,10-11H2,1H3,(H,24,26,28). The molecule has 0 saturated carbocycles. The van der Waals surface area contributed by atoms with E-state index in [2.05, 4.69) is 17.5 Å². The number of nitrogens with one attached hydrogen (secondary N) is 1. The van der Waals surface area contributed by atoms with E-state index in [1.54, 1.807) is 48.5 Å². The third kappa shape index (κ3) is 3.10. The minimum Gasteiger partial charge on any atom is -0.277 e. The maximum Gasteiger partial charge on any atom is 0.330 e. The van der Waals surface area contributed by atoms with Gasteiger partial charge in [0.25, 0.3) is 0 Å². The predicted octanol–water partition coefficient (Wildman–Crippen LogP) is 1.91. The lowest BCUT2D eigenvalue weighted by Crippen LogP contribution is -2.64. The highest BCUT2D eigenvalue weighted by molar-refractivity contribution is 6.19. The summed E-state index contributed by atoms with van der Waals surface area (Å²) in [4.78, 5) is 38.9. The number of hydrogen-bond acceptors (Lipinski definition) is 5. The molecule has 1 fully saturated rings. The lowest BCUT2D eigenvalue weighted by molar-refractivity contribution is -0.150. The van der Waals surface area contributed by atoms with Crippen LogP contribution in [0, 0.1) is 28.1 Å². The molecule has 4 amide bonds. The number of hydrogen-bond donors (Lipinski definition) is 1. The Morgan fingerprint density at radius 1 is 0.893 bits per heavy atom. The summed E-state index contributed by atoms with van der Waals surface area (Å²) in [6.45, 7) is 0. The Labute approximate surface area is 161 Å². The van der Waals surface area contributed by atoms with Crippen molar-refractivity contribution in [1.82, 2.24) is 10.2 Å². The van der Waals surface area contributed by atoms with Gasteiger partial charge >= 0.3 is 6.03 Å². The van der Waals surface area contributed by atoms with Crippen LogP contribution in [0.3, 0.4) is 0 Å². The van der Waals surface area contributed by atoms with Gasteiger partial charge in [-0.2, -0.15) is 10.5 Å². The number of rotatable bonds is 4. The van der Waals surface area contributed by atoms with Gasteiger partial charge in [-0.1, -0.05) is 36.4 Å². The molecular weight excluding hydrogens is 356 g/mol. The van der Waals surface area contributed by atoms with E-state index in [0.29, 0.717) is 22.3 Å². The fraction of sp³-hybridized carbons (Fsp3) is 0.190. The van der Waals surface area contributed by atoms with Crippen LogP contribution in [-0.2, 0) is 22.4 Å². The van der Waals surface area contributed by atoms with Gasteiger partial charge in [-0.3, -0.25) is 19.8 Å². The molecule has 0 aliphatic carbocycles. The lowest BCUT2D eigenvalue weighted by atomic mass is 9.72. The first kappa shape index (κ1) is 18.8. The predicted molar refractivity (Wildman–Crippen MR) is 98.5 cm³/mol. The molecular formula is C21H16N4O3. The molecule has 1 aliphatic rings. The molecule has 0 radical (unpaired) electrons. The van der Waals surface area contributed by atoms with Crippen molar-refractivity contribution in [2.24, 2.45) is 5.41 Å². The quantitative estimate of drug-likeness (QED) is 0.824. The highest BCUT2D eigenvalue weighted by Gasteiger charge is 2.53. The van der Waals surface area contributed by atoms with Crippen molar-refractivity contribution in [3.05, 3.63) is 70.8 Å². The van der Waals surface area contributed by atoms with Gasteiger partial charge in [0.05, 0.1) is 23.3 Å². The third-order valence-corrected chi connectivity index (χ3v) is 4.93. The Balaban J connectivity index is 2.15. The van der Waals surface area contributed by atoms with Crippen LogP contribution in [0.2, 0.25) is 0 Å². The highest BCUT2D eigenvalue weighted by atomic mass is 16.2. The molecule has 7 nitrogen and oxygen atoms in total. The summed E-state index contributed by atoms with van der Waals surface area (Å²) < 4.78 is 0. The fourth-order valence-electron chi connectivity index (χ4n) is 3.40. The van der Waals surface area contributed by atoms with Gasteiger partial charge in [0, 0.05) is 7.05 Å². The van der Waals surface area contributed by atoms with E-state index in [4.69, 9.17) is 0 Å². The molecule has 0 aromatic heterocycles. The smallest absolute Gasteiger partial charge is 0.277 e. The zero-order valence-corrected chi connectivity index (χ0v) is 15.1. The van der Waals surface area contributed by atoms with Crippen molar-refractivity contribution >= 4 is 17.8 Å². The first-order valence-electron chi connectivity index (χ1n) is 8.52. The van der Waals surface area contributed by atoms with E-state index in [-0.39, 0.29) is 12.8 Å². The molecule has 0 bridgehead atoms. The molecule has 3 rings (SSSR count). The molecule has 0 atom stereocenters. The first-order valence-corrected chi connectivity index (χ1v) is 8.52. The van der Waals surface area contributed by atoms with Crippen LogP contribution in [0.1, 0.15) is 22.3 Å². The molecule has 1 saturated heterocycles. The van der Waals surface area contributed by atoms with E-state index in [0.717, 1.165) is 4.90 Å². The second-order valence-corrected chi connectivity index (χ2v) is 6.60. The molecule has 1 aliphatic heterocycles. The van der Waals surface area contributed by atoms with Crippen LogP contribution in [-0.4, -0.2) is 29.8 Å². The second kappa shape index (κ2) is 7.34. The van der Waals surface area contributed by atoms with E-state index >= 15 is 0 Å². The number of urea groups is 1. The third-order valence-electron chi connectivity index (χ3n) is 4.93. The minimum atomic E-state index is -1.65. The summed E-state index contributed by atoms with van der Waals surface area (Å²) in [5.41, 5.74) is 0.0744. The number of barbiturate groups is 1. The SMILES string of the molecule is CN1C(=O)NC(=O)C(Cc2ccccc2C#N)(Cc2ccccc2C#N)C1=O. The van der Waals surface area contributed by atoms with Crippen molar-refractivity contribution in [2.45, 2.75) is 12.8 Å². The van der Waals surface area contributed by atoms with E-state index in [9.17, 15) is 24.9 Å². The Kier molecular flexibility index (Phi) is 4.93. The van der Waals surface area contributed by atoms with Crippen LogP contribution >= 0.6 is 0 Å². The van der Waals surface area contributed by atoms with E-state index in [1.807, 2.05) is 0 Å². The number of nitriles is 2. The topological polar surface area (TPSA) is 114 Å². The monoisotopic (exact) mass is 372 g/mol. The molecule has 138 valence electrons. The number of imide groups is 2. The van der Waals surface area contributed by atoms with Crippen molar-refractivity contribution in [2.75, 3.05) is 7.05 Å². The Morgan fingerprint density at radius 2 is 1.36 bits per heavy atom. The van der Waals surface area contributed by atoms with Crippen molar-refractivity contribution in [3.8, 4) is 12.1 Å². The van der Waals surface area contributed by atoms with Gasteiger partial charge in [0.15, 0.2) is 0 Å². The molecule has 7 heteroatoms.